The molecule has 1 aliphatic rings. The molecule has 0 bridgehead atoms. The van der Waals surface area contributed by atoms with Gasteiger partial charge in [0.25, 0.3) is 5.91 Å². The third-order valence-corrected chi connectivity index (χ3v) is 4.74. The van der Waals surface area contributed by atoms with E-state index in [2.05, 4.69) is 36.7 Å². The number of aryl methyl sites for hydroxylation is 1. The molecule has 1 aliphatic heterocycles. The number of para-hydroxylation sites is 1. The molecule has 138 valence electrons. The Kier molecular flexibility index (Phi) is 5.45. The van der Waals surface area contributed by atoms with E-state index in [-0.39, 0.29) is 5.91 Å². The zero-order valence-electron chi connectivity index (χ0n) is 16.0. The molecule has 0 radical (unpaired) electrons. The van der Waals surface area contributed by atoms with Crippen LogP contribution in [0.3, 0.4) is 0 Å². The first-order valence-electron chi connectivity index (χ1n) is 9.59. The number of nitrogens with one attached hydrogen (secondary N) is 1. The lowest BCUT2D eigenvalue weighted by atomic mass is 10.1. The fourth-order valence-electron chi connectivity index (χ4n) is 3.59. The Labute approximate surface area is 155 Å². The first-order chi connectivity index (χ1) is 12.6. The van der Waals surface area contributed by atoms with Gasteiger partial charge in [-0.05, 0) is 31.4 Å². The van der Waals surface area contributed by atoms with Crippen molar-refractivity contribution in [2.24, 2.45) is 0 Å². The normalized spacial score (nSPS) is 16.5. The van der Waals surface area contributed by atoms with Gasteiger partial charge in [-0.1, -0.05) is 39.0 Å². The van der Waals surface area contributed by atoms with E-state index in [1.807, 2.05) is 30.0 Å². The van der Waals surface area contributed by atoms with Crippen LogP contribution in [0.15, 0.2) is 36.2 Å². The summed E-state index contributed by atoms with van der Waals surface area (Å²) in [5.74, 6) is 0.250. The van der Waals surface area contributed by atoms with Crippen molar-refractivity contribution in [2.75, 3.05) is 13.1 Å². The number of carbonyl (C=O) groups excluding carboxylic acids is 1. The molecule has 5 heteroatoms. The third-order valence-electron chi connectivity index (χ3n) is 4.74. The topological polar surface area (TPSA) is 52.3 Å². The SMILES string of the molecule is CCCN1C(=N)N(CCC)/C(=C/c2cn(CCC)c3ccccc23)C1=O. The highest BCUT2D eigenvalue weighted by molar-refractivity contribution is 6.15. The van der Waals surface area contributed by atoms with Crippen LogP contribution in [-0.4, -0.2) is 39.3 Å². The molecule has 0 saturated carbocycles. The molecule has 0 aliphatic carbocycles. The lowest BCUT2D eigenvalue weighted by molar-refractivity contribution is -0.122. The van der Waals surface area contributed by atoms with E-state index in [0.717, 1.165) is 36.8 Å². The number of rotatable bonds is 7. The van der Waals surface area contributed by atoms with Crippen LogP contribution < -0.4 is 0 Å². The molecule has 1 amide bonds. The van der Waals surface area contributed by atoms with E-state index in [9.17, 15) is 4.79 Å². The Hall–Kier alpha value is -2.56. The van der Waals surface area contributed by atoms with Crippen LogP contribution in [0.4, 0.5) is 0 Å². The minimum absolute atomic E-state index is 0.0578. The molecule has 3 rings (SSSR count). The quantitative estimate of drug-likeness (QED) is 0.756. The van der Waals surface area contributed by atoms with Gasteiger partial charge >= 0.3 is 0 Å². The number of nitrogens with zero attached hydrogens (tertiary/aromatic N) is 3. The third kappa shape index (κ3) is 3.14. The smallest absolute Gasteiger partial charge is 0.277 e. The number of aromatic nitrogens is 1. The van der Waals surface area contributed by atoms with Gasteiger partial charge in [0, 0.05) is 42.3 Å². The number of benzene rings is 1. The Balaban J connectivity index is 2.08. The molecular weight excluding hydrogens is 324 g/mol. The molecule has 0 unspecified atom stereocenters. The van der Waals surface area contributed by atoms with E-state index in [1.54, 1.807) is 4.90 Å². The van der Waals surface area contributed by atoms with Crippen molar-refractivity contribution in [3.63, 3.8) is 0 Å². The number of amides is 1. The first-order valence-corrected chi connectivity index (χ1v) is 9.59. The molecule has 26 heavy (non-hydrogen) atoms. The average Bonchev–Trinajstić information content (AvgIpc) is 3.09. The van der Waals surface area contributed by atoms with E-state index in [1.165, 1.54) is 5.52 Å². The van der Waals surface area contributed by atoms with Crippen LogP contribution >= 0.6 is 0 Å². The summed E-state index contributed by atoms with van der Waals surface area (Å²) in [7, 11) is 0. The molecule has 2 aromatic rings. The molecule has 2 heterocycles. The van der Waals surface area contributed by atoms with Crippen molar-refractivity contribution >= 4 is 28.8 Å². The second-order valence-electron chi connectivity index (χ2n) is 6.76. The molecule has 5 nitrogen and oxygen atoms in total. The Morgan fingerprint density at radius 1 is 0.962 bits per heavy atom. The number of carbonyl (C=O) groups is 1. The van der Waals surface area contributed by atoms with Crippen molar-refractivity contribution < 1.29 is 4.79 Å². The Morgan fingerprint density at radius 2 is 1.62 bits per heavy atom. The lowest BCUT2D eigenvalue weighted by Crippen LogP contribution is -2.34. The van der Waals surface area contributed by atoms with Gasteiger partial charge in [0.15, 0.2) is 0 Å². The van der Waals surface area contributed by atoms with Gasteiger partial charge < -0.3 is 9.47 Å². The summed E-state index contributed by atoms with van der Waals surface area (Å²) in [5.41, 5.74) is 2.85. The van der Waals surface area contributed by atoms with Crippen molar-refractivity contribution in [2.45, 2.75) is 46.6 Å². The van der Waals surface area contributed by atoms with Crippen LogP contribution in [0.1, 0.15) is 45.6 Å². The maximum atomic E-state index is 12.9. The van der Waals surface area contributed by atoms with Crippen LogP contribution in [0, 0.1) is 5.41 Å². The molecule has 1 N–H and O–H groups in total. The summed E-state index contributed by atoms with van der Waals surface area (Å²) in [6.07, 6.45) is 6.90. The van der Waals surface area contributed by atoms with E-state index < -0.39 is 0 Å². The number of hydrogen-bond donors (Lipinski definition) is 1. The molecule has 1 saturated heterocycles. The molecular formula is C21H28N4O. The fourth-order valence-corrected chi connectivity index (χ4v) is 3.59. The summed E-state index contributed by atoms with van der Waals surface area (Å²) in [6.45, 7) is 8.50. The average molecular weight is 352 g/mol. The van der Waals surface area contributed by atoms with E-state index >= 15 is 0 Å². The van der Waals surface area contributed by atoms with E-state index in [4.69, 9.17) is 5.41 Å². The van der Waals surface area contributed by atoms with Gasteiger partial charge in [0.05, 0.1) is 0 Å². The summed E-state index contributed by atoms with van der Waals surface area (Å²) >= 11 is 0. The Morgan fingerprint density at radius 3 is 2.31 bits per heavy atom. The zero-order valence-corrected chi connectivity index (χ0v) is 16.0. The van der Waals surface area contributed by atoms with Crippen LogP contribution in [-0.2, 0) is 11.3 Å². The van der Waals surface area contributed by atoms with Gasteiger partial charge in [0.2, 0.25) is 5.96 Å². The first kappa shape index (κ1) is 18.2. The summed E-state index contributed by atoms with van der Waals surface area (Å²) in [5, 5.41) is 9.57. The highest BCUT2D eigenvalue weighted by atomic mass is 16.2. The molecule has 1 aromatic heterocycles. The van der Waals surface area contributed by atoms with Gasteiger partial charge in [0.1, 0.15) is 5.70 Å². The predicted octanol–water partition coefficient (Wildman–Crippen LogP) is 4.29. The van der Waals surface area contributed by atoms with Crippen molar-refractivity contribution in [1.29, 1.82) is 5.41 Å². The Bertz CT molecular complexity index is 849. The minimum Gasteiger partial charge on any atom is -0.347 e. The number of guanidine groups is 1. The monoisotopic (exact) mass is 352 g/mol. The summed E-state index contributed by atoms with van der Waals surface area (Å²) in [4.78, 5) is 16.4. The lowest BCUT2D eigenvalue weighted by Gasteiger charge is -2.18. The maximum absolute atomic E-state index is 12.9. The highest BCUT2D eigenvalue weighted by Crippen LogP contribution is 2.28. The molecule has 1 fully saturated rings. The number of fused-ring (bicyclic) bond motifs is 1. The van der Waals surface area contributed by atoms with Gasteiger partial charge in [-0.2, -0.15) is 0 Å². The van der Waals surface area contributed by atoms with Gasteiger partial charge in [-0.3, -0.25) is 15.1 Å². The largest absolute Gasteiger partial charge is 0.347 e. The van der Waals surface area contributed by atoms with Crippen molar-refractivity contribution in [3.05, 3.63) is 41.7 Å². The second-order valence-corrected chi connectivity index (χ2v) is 6.76. The standard InChI is InChI=1S/C21H28N4O/c1-4-11-23-15-16(17-9-7-8-10-18(17)23)14-19-20(26)25(13-6-3)21(22)24(19)12-5-2/h7-10,14-15,22H,4-6,11-13H2,1-3H3/b19-14+,22-21?. The zero-order chi connectivity index (χ0) is 18.7. The highest BCUT2D eigenvalue weighted by Gasteiger charge is 2.37. The predicted molar refractivity (Wildman–Crippen MR) is 107 cm³/mol. The minimum atomic E-state index is -0.0578. The van der Waals surface area contributed by atoms with Crippen molar-refractivity contribution in [3.8, 4) is 0 Å². The second kappa shape index (κ2) is 7.77. The summed E-state index contributed by atoms with van der Waals surface area (Å²) in [6, 6.07) is 8.31. The van der Waals surface area contributed by atoms with Crippen molar-refractivity contribution in [1.82, 2.24) is 14.4 Å². The number of hydrogen-bond acceptors (Lipinski definition) is 2. The summed E-state index contributed by atoms with van der Waals surface area (Å²) < 4.78 is 2.25. The molecule has 0 atom stereocenters. The molecule has 0 spiro atoms. The van der Waals surface area contributed by atoms with E-state index in [0.29, 0.717) is 24.7 Å². The van der Waals surface area contributed by atoms with Crippen LogP contribution in [0.2, 0.25) is 0 Å². The fraction of sp³-hybridized carbons (Fsp3) is 0.429. The van der Waals surface area contributed by atoms with Crippen LogP contribution in [0.5, 0.6) is 0 Å². The maximum Gasteiger partial charge on any atom is 0.277 e. The molecule has 1 aromatic carbocycles. The van der Waals surface area contributed by atoms with Gasteiger partial charge in [-0.15, -0.1) is 0 Å². The van der Waals surface area contributed by atoms with Crippen LogP contribution in [0.25, 0.3) is 17.0 Å². The van der Waals surface area contributed by atoms with Gasteiger partial charge in [-0.25, -0.2) is 0 Å².